The van der Waals surface area contributed by atoms with Crippen LogP contribution in [0.4, 0.5) is 4.39 Å². The normalized spacial score (nSPS) is 12.9. The Morgan fingerprint density at radius 2 is 2.05 bits per heavy atom. The number of nitrogens with zero attached hydrogens (tertiary/aromatic N) is 2. The van der Waals surface area contributed by atoms with Crippen molar-refractivity contribution in [2.24, 2.45) is 0 Å². The van der Waals surface area contributed by atoms with Crippen molar-refractivity contribution in [3.8, 4) is 0 Å². The molecule has 4 nitrogen and oxygen atoms in total. The van der Waals surface area contributed by atoms with Crippen LogP contribution < -0.4 is 0 Å². The van der Waals surface area contributed by atoms with E-state index < -0.39 is 11.8 Å². The summed E-state index contributed by atoms with van der Waals surface area (Å²) in [7, 11) is 4.01. The van der Waals surface area contributed by atoms with Crippen LogP contribution in [0, 0.1) is 5.82 Å². The summed E-state index contributed by atoms with van der Waals surface area (Å²) in [4.78, 5) is 15.5. The van der Waals surface area contributed by atoms with Gasteiger partial charge in [-0.15, -0.1) is 0 Å². The molecule has 0 aliphatic carbocycles. The van der Waals surface area contributed by atoms with E-state index in [9.17, 15) is 9.18 Å². The average Bonchev–Trinajstić information content (AvgIpc) is 2.36. The Bertz CT molecular complexity index is 463. The maximum atomic E-state index is 13.2. The van der Waals surface area contributed by atoms with Crippen LogP contribution in [0.1, 0.15) is 29.8 Å². The zero-order valence-corrected chi connectivity index (χ0v) is 12.6. The van der Waals surface area contributed by atoms with Crippen LogP contribution in [0.5, 0.6) is 0 Å². The summed E-state index contributed by atoms with van der Waals surface area (Å²) in [6.07, 6.45) is 0. The van der Waals surface area contributed by atoms with Gasteiger partial charge in [-0.1, -0.05) is 13.0 Å². The highest BCUT2D eigenvalue weighted by atomic mass is 19.1. The zero-order valence-electron chi connectivity index (χ0n) is 12.6. The van der Waals surface area contributed by atoms with E-state index in [-0.39, 0.29) is 5.56 Å². The Kier molecular flexibility index (Phi) is 6.10. The molecule has 0 saturated carbocycles. The number of carbonyl (C=O) groups is 1. The molecule has 0 aliphatic rings. The summed E-state index contributed by atoms with van der Waals surface area (Å²) in [6.45, 7) is 6.35. The molecular weight excluding hydrogens is 259 g/mol. The van der Waals surface area contributed by atoms with Crippen LogP contribution in [0.2, 0.25) is 0 Å². The fourth-order valence-corrected chi connectivity index (χ4v) is 2.33. The predicted octanol–water partition coefficient (Wildman–Crippen LogP) is 2.30. The van der Waals surface area contributed by atoms with Crippen LogP contribution in [-0.2, 0) is 6.54 Å². The van der Waals surface area contributed by atoms with Crippen molar-refractivity contribution in [3.05, 3.63) is 35.1 Å². The van der Waals surface area contributed by atoms with Crippen molar-refractivity contribution in [1.29, 1.82) is 0 Å². The number of hydrogen-bond acceptors (Lipinski definition) is 3. The third kappa shape index (κ3) is 4.58. The standard InChI is InChI=1S/C15H23FN2O2/c1-5-18(11(2)9-17(3)4)10-12-6-7-13(16)8-14(12)15(19)20/h6-8,11H,5,9-10H2,1-4H3,(H,19,20). The Balaban J connectivity index is 2.92. The van der Waals surface area contributed by atoms with E-state index in [0.29, 0.717) is 18.2 Å². The molecular formula is C15H23FN2O2. The number of aromatic carboxylic acids is 1. The topological polar surface area (TPSA) is 43.8 Å². The molecule has 0 fully saturated rings. The van der Waals surface area contributed by atoms with Crippen LogP contribution in [-0.4, -0.2) is 54.1 Å². The van der Waals surface area contributed by atoms with E-state index in [1.54, 1.807) is 6.07 Å². The van der Waals surface area contributed by atoms with Gasteiger partial charge < -0.3 is 10.0 Å². The lowest BCUT2D eigenvalue weighted by atomic mass is 10.1. The molecule has 0 aliphatic heterocycles. The van der Waals surface area contributed by atoms with Crippen molar-refractivity contribution in [1.82, 2.24) is 9.80 Å². The van der Waals surface area contributed by atoms with Crippen molar-refractivity contribution >= 4 is 5.97 Å². The summed E-state index contributed by atoms with van der Waals surface area (Å²) in [5, 5.41) is 9.17. The molecule has 1 aromatic carbocycles. The lowest BCUT2D eigenvalue weighted by Gasteiger charge is -2.30. The van der Waals surface area contributed by atoms with Gasteiger partial charge in [0.2, 0.25) is 0 Å². The number of carboxylic acid groups (broad SMARTS) is 1. The quantitative estimate of drug-likeness (QED) is 0.833. The van der Waals surface area contributed by atoms with Gasteiger partial charge in [-0.25, -0.2) is 9.18 Å². The number of likely N-dealkylation sites (N-methyl/N-ethyl adjacent to an activating group) is 2. The Morgan fingerprint density at radius 3 is 2.55 bits per heavy atom. The fraction of sp³-hybridized carbons (Fsp3) is 0.533. The zero-order chi connectivity index (χ0) is 15.3. The number of benzene rings is 1. The highest BCUT2D eigenvalue weighted by Gasteiger charge is 2.17. The first-order valence-electron chi connectivity index (χ1n) is 6.75. The van der Waals surface area contributed by atoms with E-state index in [0.717, 1.165) is 19.2 Å². The van der Waals surface area contributed by atoms with Gasteiger partial charge in [0.25, 0.3) is 0 Å². The number of rotatable bonds is 7. The molecule has 0 heterocycles. The monoisotopic (exact) mass is 282 g/mol. The second kappa shape index (κ2) is 7.36. The molecule has 112 valence electrons. The van der Waals surface area contributed by atoms with Gasteiger partial charge in [0.1, 0.15) is 5.82 Å². The smallest absolute Gasteiger partial charge is 0.336 e. The van der Waals surface area contributed by atoms with Crippen molar-refractivity contribution in [2.75, 3.05) is 27.2 Å². The fourth-order valence-electron chi connectivity index (χ4n) is 2.33. The first kappa shape index (κ1) is 16.6. The Labute approximate surface area is 119 Å². The second-order valence-electron chi connectivity index (χ2n) is 5.28. The molecule has 1 unspecified atom stereocenters. The summed E-state index contributed by atoms with van der Waals surface area (Å²) in [6, 6.07) is 4.25. The highest BCUT2D eigenvalue weighted by molar-refractivity contribution is 5.89. The number of carboxylic acids is 1. The summed E-state index contributed by atoms with van der Waals surface area (Å²) in [5.74, 6) is -1.61. The van der Waals surface area contributed by atoms with E-state index in [1.165, 1.54) is 6.07 Å². The maximum Gasteiger partial charge on any atom is 0.336 e. The molecule has 1 aromatic rings. The SMILES string of the molecule is CCN(Cc1ccc(F)cc1C(=O)O)C(C)CN(C)C. The maximum absolute atomic E-state index is 13.2. The molecule has 1 N–H and O–H groups in total. The van der Waals surface area contributed by atoms with Gasteiger partial charge in [-0.3, -0.25) is 4.90 Å². The molecule has 0 aromatic heterocycles. The molecule has 1 atom stereocenters. The third-order valence-corrected chi connectivity index (χ3v) is 3.33. The predicted molar refractivity (Wildman–Crippen MR) is 77.5 cm³/mol. The van der Waals surface area contributed by atoms with Crippen molar-refractivity contribution < 1.29 is 14.3 Å². The van der Waals surface area contributed by atoms with E-state index >= 15 is 0 Å². The minimum atomic E-state index is -1.09. The summed E-state index contributed by atoms with van der Waals surface area (Å²) in [5.41, 5.74) is 0.687. The first-order chi connectivity index (χ1) is 9.35. The number of hydrogen-bond donors (Lipinski definition) is 1. The van der Waals surface area contributed by atoms with Gasteiger partial charge in [0.05, 0.1) is 5.56 Å². The second-order valence-corrected chi connectivity index (χ2v) is 5.28. The highest BCUT2D eigenvalue weighted by Crippen LogP contribution is 2.16. The average molecular weight is 282 g/mol. The first-order valence-corrected chi connectivity index (χ1v) is 6.75. The van der Waals surface area contributed by atoms with Gasteiger partial charge in [-0.05, 0) is 45.3 Å². The molecule has 0 radical (unpaired) electrons. The molecule has 1 rings (SSSR count). The van der Waals surface area contributed by atoms with Crippen LogP contribution in [0.25, 0.3) is 0 Å². The Hall–Kier alpha value is -1.46. The van der Waals surface area contributed by atoms with Gasteiger partial charge in [0, 0.05) is 19.1 Å². The summed E-state index contributed by atoms with van der Waals surface area (Å²) >= 11 is 0. The van der Waals surface area contributed by atoms with E-state index in [1.807, 2.05) is 21.0 Å². The largest absolute Gasteiger partial charge is 0.478 e. The molecule has 20 heavy (non-hydrogen) atoms. The van der Waals surface area contributed by atoms with Gasteiger partial charge in [-0.2, -0.15) is 0 Å². The molecule has 0 bridgehead atoms. The van der Waals surface area contributed by atoms with Crippen LogP contribution in [0.15, 0.2) is 18.2 Å². The van der Waals surface area contributed by atoms with Crippen LogP contribution in [0.3, 0.4) is 0 Å². The van der Waals surface area contributed by atoms with Gasteiger partial charge >= 0.3 is 5.97 Å². The Morgan fingerprint density at radius 1 is 1.40 bits per heavy atom. The molecule has 0 spiro atoms. The minimum absolute atomic E-state index is 0.0421. The van der Waals surface area contributed by atoms with E-state index in [2.05, 4.69) is 16.7 Å². The lowest BCUT2D eigenvalue weighted by molar-refractivity contribution is 0.0692. The van der Waals surface area contributed by atoms with Gasteiger partial charge in [0.15, 0.2) is 0 Å². The minimum Gasteiger partial charge on any atom is -0.478 e. The van der Waals surface area contributed by atoms with Crippen LogP contribution >= 0.6 is 0 Å². The molecule has 0 amide bonds. The molecule has 5 heteroatoms. The summed E-state index contributed by atoms with van der Waals surface area (Å²) < 4.78 is 13.2. The lowest BCUT2D eigenvalue weighted by Crippen LogP contribution is -2.39. The third-order valence-electron chi connectivity index (χ3n) is 3.33. The van der Waals surface area contributed by atoms with E-state index in [4.69, 9.17) is 5.11 Å². The number of halogens is 1. The van der Waals surface area contributed by atoms with Crippen molar-refractivity contribution in [3.63, 3.8) is 0 Å². The molecule has 0 saturated heterocycles. The van der Waals surface area contributed by atoms with Crippen molar-refractivity contribution in [2.45, 2.75) is 26.4 Å².